The predicted molar refractivity (Wildman–Crippen MR) is 101 cm³/mol. The van der Waals surface area contributed by atoms with Gasteiger partial charge in [-0.2, -0.15) is 0 Å². The first kappa shape index (κ1) is 20.2. The van der Waals surface area contributed by atoms with Gasteiger partial charge in [0.2, 0.25) is 5.78 Å². The molecule has 0 saturated heterocycles. The normalized spacial score (nSPS) is 10.2. The van der Waals surface area contributed by atoms with Crippen LogP contribution in [-0.2, 0) is 9.53 Å². The first-order chi connectivity index (χ1) is 12.9. The number of amides is 1. The third-order valence-electron chi connectivity index (χ3n) is 3.88. The van der Waals surface area contributed by atoms with Gasteiger partial charge in [-0.25, -0.2) is 0 Å². The maximum atomic E-state index is 12.2. The molecule has 0 bridgehead atoms. The zero-order chi connectivity index (χ0) is 19.8. The summed E-state index contributed by atoms with van der Waals surface area (Å²) in [6, 6.07) is 12.3. The van der Waals surface area contributed by atoms with E-state index >= 15 is 0 Å². The van der Waals surface area contributed by atoms with Crippen LogP contribution in [0.5, 0.6) is 5.75 Å². The van der Waals surface area contributed by atoms with Gasteiger partial charge in [-0.15, -0.1) is 0 Å². The average molecular weight is 369 g/mol. The number of hydrogen-bond donors (Lipinski definition) is 1. The van der Waals surface area contributed by atoms with Crippen LogP contribution in [-0.4, -0.2) is 37.4 Å². The summed E-state index contributed by atoms with van der Waals surface area (Å²) in [5, 5.41) is 2.48. The Morgan fingerprint density at radius 2 is 1.74 bits per heavy atom. The largest absolute Gasteiger partial charge is 0.493 e. The number of esters is 1. The number of aryl methyl sites for hydroxylation is 2. The third kappa shape index (κ3) is 5.67. The van der Waals surface area contributed by atoms with Crippen LogP contribution >= 0.6 is 0 Å². The van der Waals surface area contributed by atoms with Crippen LogP contribution in [0.3, 0.4) is 0 Å². The fourth-order valence-electron chi connectivity index (χ4n) is 2.49. The Hall–Kier alpha value is -3.15. The number of hydrogen-bond acceptors (Lipinski definition) is 5. The van der Waals surface area contributed by atoms with Crippen molar-refractivity contribution in [1.82, 2.24) is 5.32 Å². The number of nitrogens with one attached hydrogen (secondary N) is 1. The van der Waals surface area contributed by atoms with Gasteiger partial charge in [-0.1, -0.05) is 29.8 Å². The second kappa shape index (κ2) is 9.52. The van der Waals surface area contributed by atoms with Crippen LogP contribution in [0.25, 0.3) is 0 Å². The molecule has 6 heteroatoms. The maximum absolute atomic E-state index is 12.2. The number of carbonyl (C=O) groups excluding carboxylic acids is 3. The number of carbonyl (C=O) groups is 3. The molecular weight excluding hydrogens is 346 g/mol. The average Bonchev–Trinajstić information content (AvgIpc) is 2.66. The molecule has 0 radical (unpaired) electrons. The molecule has 0 heterocycles. The van der Waals surface area contributed by atoms with Gasteiger partial charge < -0.3 is 14.8 Å². The number of para-hydroxylation sites is 1. The van der Waals surface area contributed by atoms with Crippen molar-refractivity contribution in [3.8, 4) is 5.75 Å². The monoisotopic (exact) mass is 369 g/mol. The Labute approximate surface area is 158 Å². The Morgan fingerprint density at radius 3 is 2.48 bits per heavy atom. The maximum Gasteiger partial charge on any atom is 0.325 e. The van der Waals surface area contributed by atoms with E-state index in [9.17, 15) is 14.4 Å². The van der Waals surface area contributed by atoms with E-state index < -0.39 is 11.9 Å². The van der Waals surface area contributed by atoms with Crippen molar-refractivity contribution >= 4 is 17.7 Å². The summed E-state index contributed by atoms with van der Waals surface area (Å²) in [7, 11) is 0. The van der Waals surface area contributed by atoms with Crippen molar-refractivity contribution in [1.29, 1.82) is 0 Å². The summed E-state index contributed by atoms with van der Waals surface area (Å²) in [5.41, 5.74) is 2.63. The lowest BCUT2D eigenvalue weighted by Gasteiger charge is -2.10. The van der Waals surface area contributed by atoms with E-state index in [4.69, 9.17) is 9.47 Å². The lowest BCUT2D eigenvalue weighted by Crippen LogP contribution is -2.31. The van der Waals surface area contributed by atoms with Crippen molar-refractivity contribution in [2.45, 2.75) is 20.8 Å². The van der Waals surface area contributed by atoms with E-state index in [-0.39, 0.29) is 18.9 Å². The molecule has 142 valence electrons. The molecule has 27 heavy (non-hydrogen) atoms. The van der Waals surface area contributed by atoms with Crippen LogP contribution in [0, 0.1) is 13.8 Å². The standard InChI is InChI=1S/C21H23NO5/c1-4-26-19-8-6-5-7-16(19)21(25)22-12-20(24)27-13-18(23)17-11-14(2)9-10-15(17)3/h5-11H,4,12-13H2,1-3H3,(H,22,25). The van der Waals surface area contributed by atoms with Gasteiger partial charge in [0.15, 0.2) is 6.61 Å². The van der Waals surface area contributed by atoms with Gasteiger partial charge in [0.1, 0.15) is 12.3 Å². The highest BCUT2D eigenvalue weighted by atomic mass is 16.5. The number of Topliss-reactive ketones (excluding diaryl/α,β-unsaturated/α-hetero) is 1. The second-order valence-corrected chi connectivity index (χ2v) is 6.01. The van der Waals surface area contributed by atoms with E-state index in [1.54, 1.807) is 30.3 Å². The Kier molecular flexibility index (Phi) is 7.11. The molecule has 0 saturated carbocycles. The zero-order valence-corrected chi connectivity index (χ0v) is 15.7. The van der Waals surface area contributed by atoms with Crippen molar-refractivity contribution in [3.05, 3.63) is 64.7 Å². The molecule has 0 fully saturated rings. The van der Waals surface area contributed by atoms with Crippen LogP contribution in [0.15, 0.2) is 42.5 Å². The van der Waals surface area contributed by atoms with Crippen molar-refractivity contribution in [3.63, 3.8) is 0 Å². The van der Waals surface area contributed by atoms with Crippen LogP contribution in [0.2, 0.25) is 0 Å². The first-order valence-corrected chi connectivity index (χ1v) is 8.68. The molecule has 6 nitrogen and oxygen atoms in total. The molecular formula is C21H23NO5. The molecule has 0 aliphatic carbocycles. The minimum atomic E-state index is -0.684. The smallest absolute Gasteiger partial charge is 0.325 e. The second-order valence-electron chi connectivity index (χ2n) is 6.01. The van der Waals surface area contributed by atoms with E-state index in [0.29, 0.717) is 23.5 Å². The lowest BCUT2D eigenvalue weighted by molar-refractivity contribution is -0.141. The van der Waals surface area contributed by atoms with E-state index in [0.717, 1.165) is 11.1 Å². The van der Waals surface area contributed by atoms with E-state index in [2.05, 4.69) is 5.32 Å². The summed E-state index contributed by atoms with van der Waals surface area (Å²) in [6.07, 6.45) is 0. The summed E-state index contributed by atoms with van der Waals surface area (Å²) in [5.74, 6) is -0.971. The lowest BCUT2D eigenvalue weighted by atomic mass is 10.0. The number of benzene rings is 2. The molecule has 2 aromatic carbocycles. The SMILES string of the molecule is CCOc1ccccc1C(=O)NCC(=O)OCC(=O)c1cc(C)ccc1C. The van der Waals surface area contributed by atoms with Crippen LogP contribution in [0.4, 0.5) is 0 Å². The molecule has 0 atom stereocenters. The highest BCUT2D eigenvalue weighted by Crippen LogP contribution is 2.17. The molecule has 2 aromatic rings. The van der Waals surface area contributed by atoms with Gasteiger partial charge in [0.05, 0.1) is 12.2 Å². The van der Waals surface area contributed by atoms with Gasteiger partial charge in [0, 0.05) is 5.56 Å². The molecule has 0 aliphatic heterocycles. The zero-order valence-electron chi connectivity index (χ0n) is 15.7. The van der Waals surface area contributed by atoms with Gasteiger partial charge in [-0.05, 0) is 44.5 Å². The minimum Gasteiger partial charge on any atom is -0.493 e. The Morgan fingerprint density at radius 1 is 1.00 bits per heavy atom. The minimum absolute atomic E-state index is 0.280. The van der Waals surface area contributed by atoms with Crippen molar-refractivity contribution in [2.24, 2.45) is 0 Å². The molecule has 1 N–H and O–H groups in total. The van der Waals surface area contributed by atoms with Crippen LogP contribution < -0.4 is 10.1 Å². The van der Waals surface area contributed by atoms with Gasteiger partial charge in [0.25, 0.3) is 5.91 Å². The molecule has 0 aromatic heterocycles. The molecule has 0 spiro atoms. The molecule has 2 rings (SSSR count). The first-order valence-electron chi connectivity index (χ1n) is 8.68. The van der Waals surface area contributed by atoms with Gasteiger partial charge >= 0.3 is 5.97 Å². The fourth-order valence-corrected chi connectivity index (χ4v) is 2.49. The number of rotatable bonds is 8. The number of ketones is 1. The summed E-state index contributed by atoms with van der Waals surface area (Å²) < 4.78 is 10.4. The van der Waals surface area contributed by atoms with Crippen LogP contribution in [0.1, 0.15) is 38.8 Å². The van der Waals surface area contributed by atoms with E-state index in [1.165, 1.54) is 0 Å². The summed E-state index contributed by atoms with van der Waals surface area (Å²) in [6.45, 7) is 5.25. The molecule has 0 aliphatic rings. The Bertz CT molecular complexity index is 844. The fraction of sp³-hybridized carbons (Fsp3) is 0.286. The predicted octanol–water partition coefficient (Wildman–Crippen LogP) is 2.86. The van der Waals surface area contributed by atoms with Gasteiger partial charge in [-0.3, -0.25) is 14.4 Å². The molecule has 1 amide bonds. The topological polar surface area (TPSA) is 81.7 Å². The van der Waals surface area contributed by atoms with E-state index in [1.807, 2.05) is 32.9 Å². The summed E-state index contributed by atoms with van der Waals surface area (Å²) >= 11 is 0. The Balaban J connectivity index is 1.87. The molecule has 0 unspecified atom stereocenters. The van der Waals surface area contributed by atoms with Crippen molar-refractivity contribution < 1.29 is 23.9 Å². The highest BCUT2D eigenvalue weighted by Gasteiger charge is 2.15. The highest BCUT2D eigenvalue weighted by molar-refractivity contribution is 6.00. The third-order valence-corrected chi connectivity index (χ3v) is 3.88. The summed E-state index contributed by atoms with van der Waals surface area (Å²) in [4.78, 5) is 36.3. The van der Waals surface area contributed by atoms with Crippen molar-refractivity contribution in [2.75, 3.05) is 19.8 Å². The quantitative estimate of drug-likeness (QED) is 0.572. The number of ether oxygens (including phenoxy) is 2.